The van der Waals surface area contributed by atoms with Gasteiger partial charge in [-0.2, -0.15) is 13.2 Å². The zero-order chi connectivity index (χ0) is 19.0. The third-order valence-electron chi connectivity index (χ3n) is 4.47. The molecule has 0 saturated carbocycles. The van der Waals surface area contributed by atoms with Crippen LogP contribution in [0, 0.1) is 6.92 Å². The largest absolute Gasteiger partial charge is 0.418 e. The van der Waals surface area contributed by atoms with Crippen LogP contribution < -0.4 is 0 Å². The summed E-state index contributed by atoms with van der Waals surface area (Å²) >= 11 is 0. The van der Waals surface area contributed by atoms with Crippen molar-refractivity contribution in [2.45, 2.75) is 65.0 Å². The van der Waals surface area contributed by atoms with Gasteiger partial charge in [-0.25, -0.2) is 0 Å². The fraction of sp³-hybridized carbons (Fsp3) is 0.500. The van der Waals surface area contributed by atoms with Crippen LogP contribution in [0.1, 0.15) is 62.7 Å². The highest BCUT2D eigenvalue weighted by Gasteiger charge is 2.40. The normalized spacial score (nSPS) is 13.2. The average Bonchev–Trinajstić information content (AvgIpc) is 2.44. The zero-order valence-electron chi connectivity index (χ0n) is 15.6. The number of pyridine rings is 2. The SMILES string of the molecule is Cc1ncccc1C(C)(C)Cc1nccc(C(C)(C)C)c1C(F)(F)F. The molecule has 2 aromatic rings. The molecule has 0 fully saturated rings. The molecule has 2 rings (SSSR count). The van der Waals surface area contributed by atoms with E-state index in [0.717, 1.165) is 11.3 Å². The first-order valence-electron chi connectivity index (χ1n) is 8.32. The molecule has 5 heteroatoms. The highest BCUT2D eigenvalue weighted by Crippen LogP contribution is 2.41. The van der Waals surface area contributed by atoms with Crippen LogP contribution in [0.2, 0.25) is 0 Å². The Bertz CT molecular complexity index is 756. The van der Waals surface area contributed by atoms with E-state index < -0.39 is 22.6 Å². The van der Waals surface area contributed by atoms with Gasteiger partial charge in [-0.15, -0.1) is 0 Å². The first-order valence-corrected chi connectivity index (χ1v) is 8.32. The number of nitrogens with zero attached hydrogens (tertiary/aromatic N) is 2. The van der Waals surface area contributed by atoms with E-state index in [0.29, 0.717) is 0 Å². The van der Waals surface area contributed by atoms with Crippen LogP contribution in [-0.2, 0) is 23.4 Å². The fourth-order valence-corrected chi connectivity index (χ4v) is 3.29. The van der Waals surface area contributed by atoms with E-state index in [1.807, 2.05) is 32.9 Å². The van der Waals surface area contributed by atoms with Crippen LogP contribution in [0.5, 0.6) is 0 Å². The van der Waals surface area contributed by atoms with Crippen LogP contribution in [0.25, 0.3) is 0 Å². The second kappa shape index (κ2) is 6.43. The third-order valence-corrected chi connectivity index (χ3v) is 4.47. The Balaban J connectivity index is 2.59. The minimum Gasteiger partial charge on any atom is -0.261 e. The predicted octanol–water partition coefficient (Wildman–Crippen LogP) is 5.62. The van der Waals surface area contributed by atoms with Crippen molar-refractivity contribution in [2.75, 3.05) is 0 Å². The Kier molecular flexibility index (Phi) is 4.99. The second-order valence-electron chi connectivity index (χ2n) is 8.12. The Morgan fingerprint density at radius 2 is 1.52 bits per heavy atom. The molecule has 0 N–H and O–H groups in total. The smallest absolute Gasteiger partial charge is 0.261 e. The fourth-order valence-electron chi connectivity index (χ4n) is 3.29. The van der Waals surface area contributed by atoms with E-state index in [1.165, 1.54) is 12.3 Å². The average molecular weight is 350 g/mol. The van der Waals surface area contributed by atoms with Gasteiger partial charge in [0.15, 0.2) is 0 Å². The monoisotopic (exact) mass is 350 g/mol. The second-order valence-corrected chi connectivity index (χ2v) is 8.12. The summed E-state index contributed by atoms with van der Waals surface area (Å²) in [6.07, 6.45) is -1.07. The lowest BCUT2D eigenvalue weighted by Crippen LogP contribution is -2.28. The predicted molar refractivity (Wildman–Crippen MR) is 93.6 cm³/mol. The maximum atomic E-state index is 13.8. The Hall–Kier alpha value is -1.91. The molecule has 0 bridgehead atoms. The number of halogens is 3. The molecule has 136 valence electrons. The minimum atomic E-state index is -4.44. The maximum absolute atomic E-state index is 13.8. The van der Waals surface area contributed by atoms with Crippen LogP contribution in [0.15, 0.2) is 30.6 Å². The van der Waals surface area contributed by atoms with Gasteiger partial charge in [-0.05, 0) is 47.4 Å². The molecule has 0 spiro atoms. The summed E-state index contributed by atoms with van der Waals surface area (Å²) in [4.78, 5) is 8.39. The van der Waals surface area contributed by atoms with Gasteiger partial charge in [0.05, 0.1) is 11.3 Å². The van der Waals surface area contributed by atoms with E-state index in [4.69, 9.17) is 0 Å². The van der Waals surface area contributed by atoms with Gasteiger partial charge in [0.1, 0.15) is 0 Å². The molecule has 0 aliphatic rings. The molecular formula is C20H25F3N2. The number of hydrogen-bond acceptors (Lipinski definition) is 2. The van der Waals surface area contributed by atoms with Gasteiger partial charge in [0, 0.05) is 18.1 Å². The topological polar surface area (TPSA) is 25.8 Å². The van der Waals surface area contributed by atoms with E-state index in [2.05, 4.69) is 9.97 Å². The van der Waals surface area contributed by atoms with Crippen LogP contribution in [0.3, 0.4) is 0 Å². The molecule has 2 heterocycles. The maximum Gasteiger partial charge on any atom is 0.418 e. The van der Waals surface area contributed by atoms with Gasteiger partial charge in [-0.1, -0.05) is 40.7 Å². The molecule has 2 aromatic heterocycles. The Labute approximate surface area is 147 Å². The third kappa shape index (κ3) is 4.20. The molecule has 0 amide bonds. The highest BCUT2D eigenvalue weighted by atomic mass is 19.4. The van der Waals surface area contributed by atoms with Crippen molar-refractivity contribution in [3.05, 3.63) is 58.7 Å². The van der Waals surface area contributed by atoms with Gasteiger partial charge in [-0.3, -0.25) is 9.97 Å². The van der Waals surface area contributed by atoms with Crippen molar-refractivity contribution in [1.29, 1.82) is 0 Å². The lowest BCUT2D eigenvalue weighted by Gasteiger charge is -2.30. The molecule has 0 aliphatic carbocycles. The summed E-state index contributed by atoms with van der Waals surface area (Å²) < 4.78 is 41.5. The van der Waals surface area contributed by atoms with Gasteiger partial charge < -0.3 is 0 Å². The number of hydrogen-bond donors (Lipinski definition) is 0. The van der Waals surface area contributed by atoms with Gasteiger partial charge in [0.2, 0.25) is 0 Å². The van der Waals surface area contributed by atoms with Crippen molar-refractivity contribution in [3.63, 3.8) is 0 Å². The first kappa shape index (κ1) is 19.4. The lowest BCUT2D eigenvalue weighted by molar-refractivity contribution is -0.139. The van der Waals surface area contributed by atoms with E-state index >= 15 is 0 Å². The van der Waals surface area contributed by atoms with Gasteiger partial charge in [0.25, 0.3) is 0 Å². The molecule has 0 aromatic carbocycles. The number of aryl methyl sites for hydroxylation is 1. The molecular weight excluding hydrogens is 325 g/mol. The summed E-state index contributed by atoms with van der Waals surface area (Å²) in [6, 6.07) is 5.21. The van der Waals surface area contributed by atoms with E-state index in [1.54, 1.807) is 27.0 Å². The van der Waals surface area contributed by atoms with Crippen LogP contribution in [0.4, 0.5) is 13.2 Å². The Morgan fingerprint density at radius 3 is 2.04 bits per heavy atom. The van der Waals surface area contributed by atoms with Crippen molar-refractivity contribution >= 4 is 0 Å². The molecule has 25 heavy (non-hydrogen) atoms. The van der Waals surface area contributed by atoms with E-state index in [-0.39, 0.29) is 17.7 Å². The number of rotatable bonds is 3. The van der Waals surface area contributed by atoms with E-state index in [9.17, 15) is 13.2 Å². The van der Waals surface area contributed by atoms with Crippen molar-refractivity contribution in [1.82, 2.24) is 9.97 Å². The summed E-state index contributed by atoms with van der Waals surface area (Å²) in [5.74, 6) is 0. The molecule has 0 aliphatic heterocycles. The molecule has 0 saturated heterocycles. The molecule has 0 unspecified atom stereocenters. The summed E-state index contributed by atoms with van der Waals surface area (Å²) in [5.41, 5.74) is 0.409. The van der Waals surface area contributed by atoms with Crippen LogP contribution >= 0.6 is 0 Å². The summed E-state index contributed by atoms with van der Waals surface area (Å²) in [5, 5.41) is 0. The first-order chi connectivity index (χ1) is 11.3. The standard InChI is InChI=1S/C20H25F3N2/c1-13-14(8-7-10-24-13)19(5,6)12-16-17(20(21,22)23)15(9-11-25-16)18(2,3)4/h7-11H,12H2,1-6H3. The van der Waals surface area contributed by atoms with Crippen molar-refractivity contribution in [3.8, 4) is 0 Å². The quantitative estimate of drug-likeness (QED) is 0.718. The molecule has 0 atom stereocenters. The number of aromatic nitrogens is 2. The Morgan fingerprint density at radius 1 is 0.880 bits per heavy atom. The summed E-state index contributed by atoms with van der Waals surface area (Å²) in [7, 11) is 0. The molecule has 0 radical (unpaired) electrons. The minimum absolute atomic E-state index is 0.0909. The van der Waals surface area contributed by atoms with Gasteiger partial charge >= 0.3 is 6.18 Å². The zero-order valence-corrected chi connectivity index (χ0v) is 15.6. The molecule has 2 nitrogen and oxygen atoms in total. The van der Waals surface area contributed by atoms with Crippen molar-refractivity contribution in [2.24, 2.45) is 0 Å². The summed E-state index contributed by atoms with van der Waals surface area (Å²) in [6.45, 7) is 11.1. The lowest BCUT2D eigenvalue weighted by atomic mass is 9.77. The van der Waals surface area contributed by atoms with Crippen molar-refractivity contribution < 1.29 is 13.2 Å². The van der Waals surface area contributed by atoms with Crippen LogP contribution in [-0.4, -0.2) is 9.97 Å². The highest BCUT2D eigenvalue weighted by molar-refractivity contribution is 5.39. The number of alkyl halides is 3.